The third kappa shape index (κ3) is 2.38. The number of benzene rings is 1. The van der Waals surface area contributed by atoms with Crippen LogP contribution < -0.4 is 0 Å². The summed E-state index contributed by atoms with van der Waals surface area (Å²) in [5.74, 6) is 0.199. The summed E-state index contributed by atoms with van der Waals surface area (Å²) >= 11 is 3.17. The van der Waals surface area contributed by atoms with Crippen molar-refractivity contribution in [2.75, 3.05) is 19.7 Å². The molecule has 1 aromatic rings. The second kappa shape index (κ2) is 4.60. The molecule has 2 rings (SSSR count). The van der Waals surface area contributed by atoms with Crippen molar-refractivity contribution in [1.29, 1.82) is 0 Å². The molecule has 0 aliphatic carbocycles. The van der Waals surface area contributed by atoms with Gasteiger partial charge in [-0.1, -0.05) is 12.1 Å². The predicted molar refractivity (Wildman–Crippen MR) is 60.0 cm³/mol. The van der Waals surface area contributed by atoms with E-state index in [1.807, 2.05) is 6.07 Å². The fraction of sp³-hybridized carbons (Fsp3) is 0.455. The molecule has 0 radical (unpaired) electrons. The maximum atomic E-state index is 13.6. The molecule has 1 aromatic carbocycles. The molecule has 1 aliphatic heterocycles. The average molecular weight is 274 g/mol. The molecular formula is C11H13BrFNO. The monoisotopic (exact) mass is 273 g/mol. The molecule has 2 nitrogen and oxygen atoms in total. The van der Waals surface area contributed by atoms with E-state index >= 15 is 0 Å². The molecule has 0 aromatic heterocycles. The van der Waals surface area contributed by atoms with Gasteiger partial charge in [0, 0.05) is 37.7 Å². The molecule has 4 heteroatoms. The Morgan fingerprint density at radius 3 is 2.87 bits per heavy atom. The number of aliphatic hydroxyl groups is 1. The number of likely N-dealkylation sites (tertiary alicyclic amines) is 1. The normalized spacial score (nSPS) is 17.8. The minimum absolute atomic E-state index is 0.176. The van der Waals surface area contributed by atoms with Crippen LogP contribution in [0.1, 0.15) is 5.56 Å². The Bertz CT molecular complexity index is 352. The molecule has 15 heavy (non-hydrogen) atoms. The van der Waals surface area contributed by atoms with Crippen LogP contribution in [0.4, 0.5) is 4.39 Å². The summed E-state index contributed by atoms with van der Waals surface area (Å²) in [6.45, 7) is 2.59. The Hall–Kier alpha value is -0.450. The first-order valence-electron chi connectivity index (χ1n) is 4.97. The maximum absolute atomic E-state index is 13.6. The van der Waals surface area contributed by atoms with Gasteiger partial charge in [0.1, 0.15) is 5.82 Å². The van der Waals surface area contributed by atoms with Crippen molar-refractivity contribution in [2.24, 2.45) is 5.92 Å². The zero-order valence-electron chi connectivity index (χ0n) is 8.29. The summed E-state index contributed by atoms with van der Waals surface area (Å²) in [6, 6.07) is 5.34. The van der Waals surface area contributed by atoms with Crippen molar-refractivity contribution in [1.82, 2.24) is 4.90 Å². The van der Waals surface area contributed by atoms with Gasteiger partial charge < -0.3 is 5.11 Å². The van der Waals surface area contributed by atoms with Gasteiger partial charge >= 0.3 is 0 Å². The predicted octanol–water partition coefficient (Wildman–Crippen LogP) is 2.01. The standard InChI is InChI=1S/C11H13BrFNO/c12-10-3-1-2-9(11(10)13)6-14-4-8(5-14)7-15/h1-3,8,15H,4-7H2. The van der Waals surface area contributed by atoms with Crippen molar-refractivity contribution in [3.63, 3.8) is 0 Å². The largest absolute Gasteiger partial charge is 0.396 e. The smallest absolute Gasteiger partial charge is 0.141 e. The van der Waals surface area contributed by atoms with Crippen molar-refractivity contribution in [2.45, 2.75) is 6.54 Å². The topological polar surface area (TPSA) is 23.5 Å². The van der Waals surface area contributed by atoms with Crippen LogP contribution in [-0.4, -0.2) is 29.7 Å². The summed E-state index contributed by atoms with van der Waals surface area (Å²) in [6.07, 6.45) is 0. The third-order valence-electron chi connectivity index (χ3n) is 2.72. The molecule has 0 amide bonds. The molecule has 1 heterocycles. The van der Waals surface area contributed by atoms with Crippen molar-refractivity contribution in [3.05, 3.63) is 34.1 Å². The summed E-state index contributed by atoms with van der Waals surface area (Å²) in [7, 11) is 0. The number of rotatable bonds is 3. The first-order chi connectivity index (χ1) is 7.20. The Balaban J connectivity index is 1.97. The Morgan fingerprint density at radius 2 is 2.20 bits per heavy atom. The van der Waals surface area contributed by atoms with Crippen LogP contribution in [0.25, 0.3) is 0 Å². The molecule has 0 bridgehead atoms. The van der Waals surface area contributed by atoms with E-state index in [0.717, 1.165) is 13.1 Å². The first-order valence-corrected chi connectivity index (χ1v) is 5.76. The van der Waals surface area contributed by atoms with E-state index in [9.17, 15) is 4.39 Å². The number of nitrogens with zero attached hydrogens (tertiary/aromatic N) is 1. The van der Waals surface area contributed by atoms with E-state index in [2.05, 4.69) is 20.8 Å². The summed E-state index contributed by atoms with van der Waals surface area (Å²) < 4.78 is 14.1. The van der Waals surface area contributed by atoms with E-state index in [1.165, 1.54) is 0 Å². The number of halogens is 2. The van der Waals surface area contributed by atoms with Crippen molar-refractivity contribution >= 4 is 15.9 Å². The summed E-state index contributed by atoms with van der Waals surface area (Å²) in [4.78, 5) is 2.13. The van der Waals surface area contributed by atoms with Gasteiger partial charge in [-0.05, 0) is 22.0 Å². The van der Waals surface area contributed by atoms with Gasteiger partial charge in [-0.25, -0.2) is 4.39 Å². The van der Waals surface area contributed by atoms with Crippen LogP contribution in [-0.2, 0) is 6.54 Å². The van der Waals surface area contributed by atoms with Gasteiger partial charge in [-0.15, -0.1) is 0 Å². The zero-order valence-corrected chi connectivity index (χ0v) is 9.87. The van der Waals surface area contributed by atoms with Crippen LogP contribution in [0.15, 0.2) is 22.7 Å². The van der Waals surface area contributed by atoms with E-state index in [1.54, 1.807) is 12.1 Å². The molecule has 1 N–H and O–H groups in total. The van der Waals surface area contributed by atoms with Crippen molar-refractivity contribution < 1.29 is 9.50 Å². The van der Waals surface area contributed by atoms with Crippen LogP contribution in [0, 0.1) is 11.7 Å². The Morgan fingerprint density at radius 1 is 1.47 bits per heavy atom. The molecule has 0 unspecified atom stereocenters. The highest BCUT2D eigenvalue weighted by Crippen LogP contribution is 2.23. The minimum atomic E-state index is -0.176. The summed E-state index contributed by atoms with van der Waals surface area (Å²) in [5, 5.41) is 8.86. The lowest BCUT2D eigenvalue weighted by Gasteiger charge is -2.38. The van der Waals surface area contributed by atoms with Gasteiger partial charge in [-0.3, -0.25) is 4.90 Å². The molecule has 1 fully saturated rings. The van der Waals surface area contributed by atoms with Crippen LogP contribution >= 0.6 is 15.9 Å². The number of hydrogen-bond donors (Lipinski definition) is 1. The van der Waals surface area contributed by atoms with Crippen molar-refractivity contribution in [3.8, 4) is 0 Å². The van der Waals surface area contributed by atoms with Gasteiger partial charge in [0.2, 0.25) is 0 Å². The van der Waals surface area contributed by atoms with Gasteiger partial charge in [-0.2, -0.15) is 0 Å². The lowest BCUT2D eigenvalue weighted by atomic mass is 10.0. The Labute approximate surface area is 96.8 Å². The summed E-state index contributed by atoms with van der Waals surface area (Å²) in [5.41, 5.74) is 0.709. The van der Waals surface area contributed by atoms with E-state index in [0.29, 0.717) is 22.5 Å². The zero-order chi connectivity index (χ0) is 10.8. The molecule has 0 saturated carbocycles. The second-order valence-electron chi connectivity index (χ2n) is 3.96. The van der Waals surface area contributed by atoms with E-state index in [4.69, 9.17) is 5.11 Å². The fourth-order valence-electron chi connectivity index (χ4n) is 1.83. The number of hydrogen-bond acceptors (Lipinski definition) is 2. The quantitative estimate of drug-likeness (QED) is 0.911. The highest BCUT2D eigenvalue weighted by molar-refractivity contribution is 9.10. The lowest BCUT2D eigenvalue weighted by Crippen LogP contribution is -2.47. The highest BCUT2D eigenvalue weighted by atomic mass is 79.9. The third-order valence-corrected chi connectivity index (χ3v) is 3.33. The maximum Gasteiger partial charge on any atom is 0.141 e. The molecule has 0 spiro atoms. The van der Waals surface area contributed by atoms with Gasteiger partial charge in [0.05, 0.1) is 4.47 Å². The molecule has 82 valence electrons. The molecule has 1 saturated heterocycles. The van der Waals surface area contributed by atoms with Crippen LogP contribution in [0.5, 0.6) is 0 Å². The van der Waals surface area contributed by atoms with Crippen LogP contribution in [0.2, 0.25) is 0 Å². The molecule has 0 atom stereocenters. The molecular weight excluding hydrogens is 261 g/mol. The Kier molecular flexibility index (Phi) is 3.38. The van der Waals surface area contributed by atoms with Gasteiger partial charge in [0.15, 0.2) is 0 Å². The highest BCUT2D eigenvalue weighted by Gasteiger charge is 2.26. The SMILES string of the molecule is OCC1CN(Cc2cccc(Br)c2F)C1. The number of aliphatic hydroxyl groups excluding tert-OH is 1. The minimum Gasteiger partial charge on any atom is -0.396 e. The second-order valence-corrected chi connectivity index (χ2v) is 4.81. The first kappa shape index (κ1) is 11.0. The fourth-order valence-corrected chi connectivity index (χ4v) is 2.24. The van der Waals surface area contributed by atoms with Gasteiger partial charge in [0.25, 0.3) is 0 Å². The molecule has 1 aliphatic rings. The van der Waals surface area contributed by atoms with E-state index in [-0.39, 0.29) is 12.4 Å². The van der Waals surface area contributed by atoms with Crippen LogP contribution in [0.3, 0.4) is 0 Å². The van der Waals surface area contributed by atoms with E-state index < -0.39 is 0 Å². The lowest BCUT2D eigenvalue weighted by molar-refractivity contribution is 0.0471. The average Bonchev–Trinajstić information content (AvgIpc) is 2.17.